The van der Waals surface area contributed by atoms with Gasteiger partial charge in [-0.15, -0.1) is 10.2 Å². The van der Waals surface area contributed by atoms with Crippen LogP contribution in [0.2, 0.25) is 0 Å². The largest absolute Gasteiger partial charge is 0.479 e. The van der Waals surface area contributed by atoms with Gasteiger partial charge in [-0.05, 0) is 37.2 Å². The number of halogens is 3. The number of piperidine rings is 1. The summed E-state index contributed by atoms with van der Waals surface area (Å²) in [6.07, 6.45) is 1.26. The third kappa shape index (κ3) is 3.84. The fourth-order valence-electron chi connectivity index (χ4n) is 4.01. The Kier molecular flexibility index (Phi) is 3.82. The number of benzene rings is 1. The molecule has 4 heterocycles. The second-order valence-corrected chi connectivity index (χ2v) is 7.74. The lowest BCUT2D eigenvalue weighted by Gasteiger charge is -2.36. The van der Waals surface area contributed by atoms with E-state index in [2.05, 4.69) is 25.7 Å². The van der Waals surface area contributed by atoms with Gasteiger partial charge in [0.05, 0.1) is 35.8 Å². The van der Waals surface area contributed by atoms with Gasteiger partial charge in [0.1, 0.15) is 17.7 Å². The zero-order valence-electron chi connectivity index (χ0n) is 23.2. The van der Waals surface area contributed by atoms with Crippen LogP contribution in [0.4, 0.5) is 19.1 Å². The SMILES string of the molecule is [2H]C([2H])([2H])Oc1nc(NC2CCN(C([2H])([2H])[2H])CC2(F)F)nn2ccc(-c3ccc4nnn(CCF)c4c3)c12. The van der Waals surface area contributed by atoms with Crippen molar-refractivity contribution >= 4 is 22.5 Å². The van der Waals surface area contributed by atoms with Gasteiger partial charge in [0, 0.05) is 22.4 Å². The number of likely N-dealkylation sites (tertiary alicyclic amines) is 1. The van der Waals surface area contributed by atoms with Gasteiger partial charge in [-0.3, -0.25) is 0 Å². The molecule has 174 valence electrons. The number of methoxy groups -OCH3 is 1. The van der Waals surface area contributed by atoms with E-state index in [-0.39, 0.29) is 36.9 Å². The van der Waals surface area contributed by atoms with Crippen LogP contribution < -0.4 is 10.1 Å². The number of nitrogens with one attached hydrogen (secondary N) is 1. The number of ether oxygens (including phenoxy) is 1. The van der Waals surface area contributed by atoms with Crippen molar-refractivity contribution in [1.82, 2.24) is 34.5 Å². The van der Waals surface area contributed by atoms with E-state index in [4.69, 9.17) is 13.0 Å². The van der Waals surface area contributed by atoms with Crippen LogP contribution in [-0.4, -0.2) is 80.2 Å². The minimum Gasteiger partial charge on any atom is -0.479 e. The van der Waals surface area contributed by atoms with Crippen LogP contribution in [0, 0.1) is 0 Å². The first kappa shape index (κ1) is 15.4. The van der Waals surface area contributed by atoms with Crippen molar-refractivity contribution in [1.29, 1.82) is 0 Å². The van der Waals surface area contributed by atoms with E-state index < -0.39 is 39.2 Å². The molecule has 33 heavy (non-hydrogen) atoms. The smallest absolute Gasteiger partial charge is 0.280 e. The molecule has 12 heteroatoms. The molecule has 4 aromatic rings. The maximum absolute atomic E-state index is 14.9. The molecular weight excluding hydrogens is 437 g/mol. The quantitative estimate of drug-likeness (QED) is 0.468. The van der Waals surface area contributed by atoms with Gasteiger partial charge in [0.15, 0.2) is 0 Å². The summed E-state index contributed by atoms with van der Waals surface area (Å²) >= 11 is 0. The summed E-state index contributed by atoms with van der Waals surface area (Å²) in [4.78, 5) is 4.83. The Morgan fingerprint density at radius 3 is 3.03 bits per heavy atom. The van der Waals surface area contributed by atoms with Gasteiger partial charge >= 0.3 is 0 Å². The molecule has 3 aromatic heterocycles. The zero-order chi connectivity index (χ0) is 28.2. The predicted molar refractivity (Wildman–Crippen MR) is 117 cm³/mol. The van der Waals surface area contributed by atoms with E-state index in [1.807, 2.05) is 0 Å². The molecule has 0 amide bonds. The first-order chi connectivity index (χ1) is 18.2. The van der Waals surface area contributed by atoms with Crippen LogP contribution in [-0.2, 0) is 6.54 Å². The second-order valence-electron chi connectivity index (χ2n) is 7.74. The summed E-state index contributed by atoms with van der Waals surface area (Å²) in [7, 11) is -2.92. The van der Waals surface area contributed by atoms with Crippen LogP contribution in [0.3, 0.4) is 0 Å². The van der Waals surface area contributed by atoms with E-state index in [1.165, 1.54) is 15.4 Å². The van der Waals surface area contributed by atoms with Gasteiger partial charge in [-0.25, -0.2) is 22.4 Å². The third-order valence-electron chi connectivity index (χ3n) is 5.60. The average molecular weight is 467 g/mol. The topological polar surface area (TPSA) is 85.4 Å². The number of aryl methyl sites for hydroxylation is 1. The summed E-state index contributed by atoms with van der Waals surface area (Å²) in [5.74, 6) is -4.15. The standard InChI is InChI=1S/C21H23F3N8O/c1-30-8-6-17(21(23,24)12-30)25-20-26-19(33-2)18-14(5-9-32(18)28-20)13-3-4-15-16(11-13)31(10-7-22)29-27-15/h3-5,9,11,17H,6-8,10,12H2,1-2H3,(H,25,28)/i1D3,2D3. The highest BCUT2D eigenvalue weighted by molar-refractivity contribution is 5.89. The van der Waals surface area contributed by atoms with Crippen LogP contribution in [0.1, 0.15) is 14.6 Å². The maximum atomic E-state index is 14.9. The first-order valence-corrected chi connectivity index (χ1v) is 10.1. The summed E-state index contributed by atoms with van der Waals surface area (Å²) < 4.78 is 95.5. The molecule has 1 saturated heterocycles. The fourth-order valence-corrected chi connectivity index (χ4v) is 4.01. The normalized spacial score (nSPS) is 22.2. The van der Waals surface area contributed by atoms with Gasteiger partial charge < -0.3 is 15.0 Å². The number of nitrogens with zero attached hydrogens (tertiary/aromatic N) is 7. The molecule has 1 aromatic carbocycles. The molecule has 0 spiro atoms. The highest BCUT2D eigenvalue weighted by Crippen LogP contribution is 2.34. The molecule has 1 N–H and O–H groups in total. The van der Waals surface area contributed by atoms with Crippen molar-refractivity contribution in [3.8, 4) is 17.0 Å². The van der Waals surface area contributed by atoms with Gasteiger partial charge in [-0.1, -0.05) is 11.3 Å². The van der Waals surface area contributed by atoms with E-state index in [9.17, 15) is 13.2 Å². The van der Waals surface area contributed by atoms with Crippen molar-refractivity contribution in [2.24, 2.45) is 0 Å². The Labute approximate surface area is 195 Å². The van der Waals surface area contributed by atoms with Gasteiger partial charge in [0.2, 0.25) is 11.8 Å². The van der Waals surface area contributed by atoms with Crippen molar-refractivity contribution in [2.45, 2.75) is 24.9 Å². The summed E-state index contributed by atoms with van der Waals surface area (Å²) in [5, 5.41) is 14.7. The summed E-state index contributed by atoms with van der Waals surface area (Å²) in [6, 6.07) is 5.19. The van der Waals surface area contributed by atoms with E-state index in [0.29, 0.717) is 22.2 Å². The van der Waals surface area contributed by atoms with Gasteiger partial charge in [-0.2, -0.15) is 4.98 Å². The van der Waals surface area contributed by atoms with Crippen LogP contribution in [0.25, 0.3) is 27.7 Å². The fraction of sp³-hybridized carbons (Fsp3) is 0.429. The molecule has 1 atom stereocenters. The minimum absolute atomic E-state index is 0.00205. The highest BCUT2D eigenvalue weighted by Gasteiger charge is 2.44. The lowest BCUT2D eigenvalue weighted by molar-refractivity contribution is -0.0675. The highest BCUT2D eigenvalue weighted by atomic mass is 19.3. The monoisotopic (exact) mass is 466 g/mol. The maximum Gasteiger partial charge on any atom is 0.280 e. The second kappa shape index (κ2) is 8.18. The number of hydrogen-bond donors (Lipinski definition) is 1. The Morgan fingerprint density at radius 1 is 1.33 bits per heavy atom. The van der Waals surface area contributed by atoms with E-state index in [1.54, 1.807) is 24.3 Å². The van der Waals surface area contributed by atoms with Crippen molar-refractivity contribution in [2.75, 3.05) is 39.1 Å². The Hall–Kier alpha value is -3.41. The number of hydrogen-bond acceptors (Lipinski definition) is 7. The minimum atomic E-state index is -3.44. The Balaban J connectivity index is 1.53. The average Bonchev–Trinajstić information content (AvgIpc) is 3.43. The molecule has 1 unspecified atom stereocenters. The van der Waals surface area contributed by atoms with Crippen molar-refractivity contribution in [3.05, 3.63) is 30.5 Å². The van der Waals surface area contributed by atoms with Crippen LogP contribution in [0.15, 0.2) is 30.5 Å². The van der Waals surface area contributed by atoms with Gasteiger partial charge in [0.25, 0.3) is 5.92 Å². The lowest BCUT2D eigenvalue weighted by atomic mass is 10.0. The Morgan fingerprint density at radius 2 is 2.24 bits per heavy atom. The molecule has 5 rings (SSSR count). The number of anilines is 1. The molecule has 1 aliphatic rings. The molecule has 0 bridgehead atoms. The molecule has 0 radical (unpaired) electrons. The predicted octanol–water partition coefficient (Wildman–Crippen LogP) is 2.87. The number of rotatable bonds is 6. The molecule has 0 saturated carbocycles. The van der Waals surface area contributed by atoms with Crippen molar-refractivity contribution < 1.29 is 26.1 Å². The molecule has 1 aliphatic heterocycles. The lowest BCUT2D eigenvalue weighted by Crippen LogP contribution is -2.53. The Bertz CT molecular complexity index is 1500. The number of fused-ring (bicyclic) bond motifs is 2. The molecule has 0 aliphatic carbocycles. The molecular formula is C21H23F3N8O. The van der Waals surface area contributed by atoms with Crippen LogP contribution in [0.5, 0.6) is 5.88 Å². The molecule has 1 fully saturated rings. The van der Waals surface area contributed by atoms with Crippen molar-refractivity contribution in [3.63, 3.8) is 0 Å². The van der Waals surface area contributed by atoms with Crippen LogP contribution >= 0.6 is 0 Å². The summed E-state index contributed by atoms with van der Waals surface area (Å²) in [6.45, 7) is -4.42. The third-order valence-corrected chi connectivity index (χ3v) is 5.60. The van der Waals surface area contributed by atoms with E-state index in [0.717, 1.165) is 4.90 Å². The summed E-state index contributed by atoms with van der Waals surface area (Å²) in [5.41, 5.74) is 2.28. The number of alkyl halides is 3. The van der Waals surface area contributed by atoms with E-state index >= 15 is 0 Å². The first-order valence-electron chi connectivity index (χ1n) is 13.1. The number of aromatic nitrogens is 6. The zero-order valence-corrected chi connectivity index (χ0v) is 17.2. The molecule has 9 nitrogen and oxygen atoms in total.